The quantitative estimate of drug-likeness (QED) is 0.896. The molecule has 2 aromatic rings. The fourth-order valence-corrected chi connectivity index (χ4v) is 2.89. The Morgan fingerprint density at radius 2 is 2.32 bits per heavy atom. The van der Waals surface area contributed by atoms with Gasteiger partial charge in [0.2, 0.25) is 5.91 Å². The van der Waals surface area contributed by atoms with Crippen LogP contribution in [0.5, 0.6) is 0 Å². The normalized spacial score (nSPS) is 21.6. The molecule has 0 bridgehead atoms. The van der Waals surface area contributed by atoms with Gasteiger partial charge in [0.1, 0.15) is 0 Å². The van der Waals surface area contributed by atoms with Crippen LogP contribution in [-0.4, -0.2) is 49.5 Å². The first kappa shape index (κ1) is 16.6. The van der Waals surface area contributed by atoms with Crippen LogP contribution in [0.25, 0.3) is 5.78 Å². The van der Waals surface area contributed by atoms with Gasteiger partial charge in [0, 0.05) is 31.5 Å². The zero-order chi connectivity index (χ0) is 14.8. The molecular formula is C14H21ClN6O. The Morgan fingerprint density at radius 1 is 1.50 bits per heavy atom. The number of halogens is 1. The minimum atomic E-state index is 0. The number of nitrogens with zero attached hydrogens (tertiary/aromatic N) is 5. The number of fused-ring (bicyclic) bond motifs is 1. The Kier molecular flexibility index (Phi) is 5.31. The third-order valence-electron chi connectivity index (χ3n) is 4.04. The van der Waals surface area contributed by atoms with E-state index in [0.29, 0.717) is 24.1 Å². The van der Waals surface area contributed by atoms with Crippen LogP contribution in [0, 0.1) is 5.92 Å². The Balaban J connectivity index is 0.00000176. The van der Waals surface area contributed by atoms with Gasteiger partial charge in [0.05, 0.1) is 6.42 Å². The largest absolute Gasteiger partial charge is 0.338 e. The second-order valence-corrected chi connectivity index (χ2v) is 5.68. The Morgan fingerprint density at radius 3 is 3.05 bits per heavy atom. The molecule has 0 spiro atoms. The minimum Gasteiger partial charge on any atom is -0.338 e. The summed E-state index contributed by atoms with van der Waals surface area (Å²) >= 11 is 0. The summed E-state index contributed by atoms with van der Waals surface area (Å²) in [5.74, 6) is 1.70. The Labute approximate surface area is 135 Å². The average Bonchev–Trinajstić information content (AvgIpc) is 2.88. The van der Waals surface area contributed by atoms with Gasteiger partial charge in [-0.1, -0.05) is 6.92 Å². The Bertz CT molecular complexity index is 612. The maximum Gasteiger partial charge on any atom is 0.252 e. The monoisotopic (exact) mass is 324 g/mol. The summed E-state index contributed by atoms with van der Waals surface area (Å²) in [6.07, 6.45) is 5.64. The molecule has 1 saturated heterocycles. The minimum absolute atomic E-state index is 0. The molecule has 7 nitrogen and oxygen atoms in total. The van der Waals surface area contributed by atoms with E-state index < -0.39 is 0 Å². The van der Waals surface area contributed by atoms with Crippen molar-refractivity contribution in [2.45, 2.75) is 32.2 Å². The molecule has 1 amide bonds. The first-order valence-electron chi connectivity index (χ1n) is 7.33. The number of hydrogen-bond acceptors (Lipinski definition) is 5. The molecule has 22 heavy (non-hydrogen) atoms. The molecule has 0 aliphatic carbocycles. The van der Waals surface area contributed by atoms with Crippen LogP contribution in [0.1, 0.15) is 25.6 Å². The summed E-state index contributed by atoms with van der Waals surface area (Å²) in [5, 5.41) is 4.28. The molecule has 1 aliphatic rings. The third-order valence-corrected chi connectivity index (χ3v) is 4.04. The average molecular weight is 325 g/mol. The van der Waals surface area contributed by atoms with E-state index in [-0.39, 0.29) is 30.8 Å². The fourth-order valence-electron chi connectivity index (χ4n) is 2.89. The molecule has 0 aromatic carbocycles. The van der Waals surface area contributed by atoms with E-state index in [0.717, 1.165) is 19.4 Å². The number of carbonyl (C=O) groups is 1. The fraction of sp³-hybridized carbons (Fsp3) is 0.571. The molecule has 0 saturated carbocycles. The van der Waals surface area contributed by atoms with Gasteiger partial charge in [0.15, 0.2) is 5.82 Å². The summed E-state index contributed by atoms with van der Waals surface area (Å²) in [6, 6.07) is 1.92. The van der Waals surface area contributed by atoms with Gasteiger partial charge in [-0.15, -0.1) is 17.5 Å². The highest BCUT2D eigenvalue weighted by Crippen LogP contribution is 2.22. The van der Waals surface area contributed by atoms with Crippen molar-refractivity contribution < 1.29 is 4.79 Å². The molecule has 2 atom stereocenters. The van der Waals surface area contributed by atoms with Crippen molar-refractivity contribution in [3.05, 3.63) is 24.3 Å². The Hall–Kier alpha value is -1.73. The number of nitrogens with two attached hydrogens (primary N) is 1. The lowest BCUT2D eigenvalue weighted by Crippen LogP contribution is -2.49. The molecule has 3 rings (SSSR count). The molecule has 120 valence electrons. The second-order valence-electron chi connectivity index (χ2n) is 5.68. The van der Waals surface area contributed by atoms with Gasteiger partial charge in [-0.05, 0) is 24.8 Å². The number of piperidine rings is 1. The van der Waals surface area contributed by atoms with Gasteiger partial charge in [-0.25, -0.2) is 9.50 Å². The predicted octanol–water partition coefficient (Wildman–Crippen LogP) is 0.674. The highest BCUT2D eigenvalue weighted by Gasteiger charge is 2.29. The number of carbonyl (C=O) groups excluding carboxylic acids is 1. The lowest BCUT2D eigenvalue weighted by Gasteiger charge is -2.37. The van der Waals surface area contributed by atoms with Gasteiger partial charge < -0.3 is 10.6 Å². The highest BCUT2D eigenvalue weighted by atomic mass is 35.5. The lowest BCUT2D eigenvalue weighted by molar-refractivity contribution is -0.134. The van der Waals surface area contributed by atoms with Crippen LogP contribution in [0.2, 0.25) is 0 Å². The third kappa shape index (κ3) is 3.36. The summed E-state index contributed by atoms with van der Waals surface area (Å²) < 4.78 is 1.58. The highest BCUT2D eigenvalue weighted by molar-refractivity contribution is 5.85. The first-order chi connectivity index (χ1) is 10.2. The van der Waals surface area contributed by atoms with Crippen LogP contribution in [0.15, 0.2) is 18.5 Å². The first-order valence-corrected chi connectivity index (χ1v) is 7.33. The van der Waals surface area contributed by atoms with E-state index in [4.69, 9.17) is 5.73 Å². The molecular weight excluding hydrogens is 304 g/mol. The summed E-state index contributed by atoms with van der Waals surface area (Å²) in [5.41, 5.74) is 5.81. The lowest BCUT2D eigenvalue weighted by atomic mass is 9.92. The van der Waals surface area contributed by atoms with Gasteiger partial charge >= 0.3 is 0 Å². The maximum atomic E-state index is 12.5. The standard InChI is InChI=1S/C14H20N6O.ClH/c1-10-3-6-19(11(7-10)9-15)13(21)8-12-17-14-16-4-2-5-20(14)18-12;/h2,4-5,10-11H,3,6-9,15H2,1H3;1H. The van der Waals surface area contributed by atoms with Crippen LogP contribution in [0.3, 0.4) is 0 Å². The summed E-state index contributed by atoms with van der Waals surface area (Å²) in [4.78, 5) is 22.8. The zero-order valence-electron chi connectivity index (χ0n) is 12.6. The number of hydrogen-bond donors (Lipinski definition) is 1. The summed E-state index contributed by atoms with van der Waals surface area (Å²) in [7, 11) is 0. The number of likely N-dealkylation sites (tertiary alicyclic amines) is 1. The van der Waals surface area contributed by atoms with Crippen molar-refractivity contribution in [3.8, 4) is 0 Å². The van der Waals surface area contributed by atoms with Crippen molar-refractivity contribution >= 4 is 24.1 Å². The summed E-state index contributed by atoms with van der Waals surface area (Å²) in [6.45, 7) is 3.49. The molecule has 2 unspecified atom stereocenters. The molecule has 1 aliphatic heterocycles. The zero-order valence-corrected chi connectivity index (χ0v) is 13.4. The van der Waals surface area contributed by atoms with E-state index in [1.165, 1.54) is 0 Å². The van der Waals surface area contributed by atoms with Crippen molar-refractivity contribution in [1.29, 1.82) is 0 Å². The van der Waals surface area contributed by atoms with Gasteiger partial charge in [-0.2, -0.15) is 4.98 Å². The number of aromatic nitrogens is 4. The van der Waals surface area contributed by atoms with Gasteiger partial charge in [-0.3, -0.25) is 4.79 Å². The van der Waals surface area contributed by atoms with Crippen molar-refractivity contribution in [2.75, 3.05) is 13.1 Å². The van der Waals surface area contributed by atoms with Crippen molar-refractivity contribution in [2.24, 2.45) is 11.7 Å². The van der Waals surface area contributed by atoms with Gasteiger partial charge in [0.25, 0.3) is 5.78 Å². The second kappa shape index (κ2) is 7.02. The van der Waals surface area contributed by atoms with Crippen LogP contribution >= 0.6 is 12.4 Å². The van der Waals surface area contributed by atoms with E-state index in [1.807, 2.05) is 4.90 Å². The molecule has 2 N–H and O–H groups in total. The SMILES string of the molecule is CC1CCN(C(=O)Cc2nc3ncccn3n2)C(CN)C1.Cl. The molecule has 2 aromatic heterocycles. The van der Waals surface area contributed by atoms with Crippen LogP contribution < -0.4 is 5.73 Å². The molecule has 3 heterocycles. The van der Waals surface area contributed by atoms with Crippen molar-refractivity contribution in [3.63, 3.8) is 0 Å². The van der Waals surface area contributed by atoms with Crippen LogP contribution in [0.4, 0.5) is 0 Å². The molecule has 0 radical (unpaired) electrons. The van der Waals surface area contributed by atoms with E-state index in [9.17, 15) is 4.79 Å². The van der Waals surface area contributed by atoms with E-state index in [1.54, 1.807) is 23.0 Å². The van der Waals surface area contributed by atoms with E-state index >= 15 is 0 Å². The number of amides is 1. The smallest absolute Gasteiger partial charge is 0.252 e. The topological polar surface area (TPSA) is 89.4 Å². The molecule has 1 fully saturated rings. The predicted molar refractivity (Wildman–Crippen MR) is 84.7 cm³/mol. The number of rotatable bonds is 3. The molecule has 8 heteroatoms. The van der Waals surface area contributed by atoms with Crippen molar-refractivity contribution in [1.82, 2.24) is 24.5 Å². The van der Waals surface area contributed by atoms with Crippen LogP contribution in [-0.2, 0) is 11.2 Å². The van der Waals surface area contributed by atoms with E-state index in [2.05, 4.69) is 22.0 Å². The maximum absolute atomic E-state index is 12.5.